The molecule has 0 aliphatic carbocycles. The van der Waals surface area contributed by atoms with Gasteiger partial charge in [-0.05, 0) is 42.0 Å². The molecule has 0 radical (unpaired) electrons. The lowest BCUT2D eigenvalue weighted by Gasteiger charge is -2.43. The number of ether oxygens (including phenoxy) is 3. The number of carbonyl (C=O) groups is 1. The van der Waals surface area contributed by atoms with Gasteiger partial charge in [-0.3, -0.25) is 9.69 Å². The van der Waals surface area contributed by atoms with Crippen LogP contribution in [-0.4, -0.2) is 73.9 Å². The minimum Gasteiger partial charge on any atom is -0.491 e. The lowest BCUT2D eigenvalue weighted by molar-refractivity contribution is -0.159. The van der Waals surface area contributed by atoms with Crippen LogP contribution in [0.2, 0.25) is 10.0 Å². The number of rotatable bonds is 7. The van der Waals surface area contributed by atoms with Gasteiger partial charge in [0.05, 0.1) is 26.2 Å². The quantitative estimate of drug-likeness (QED) is 0.603. The average molecular weight is 479 g/mol. The first-order valence-corrected chi connectivity index (χ1v) is 11.6. The van der Waals surface area contributed by atoms with Crippen molar-refractivity contribution in [3.8, 4) is 5.75 Å². The molecule has 32 heavy (non-hydrogen) atoms. The fraction of sp³-hybridized carbons (Fsp3) is 0.458. The van der Waals surface area contributed by atoms with E-state index in [0.717, 1.165) is 23.7 Å². The van der Waals surface area contributed by atoms with E-state index >= 15 is 0 Å². The summed E-state index contributed by atoms with van der Waals surface area (Å²) in [6.07, 6.45) is 0.257. The van der Waals surface area contributed by atoms with Gasteiger partial charge >= 0.3 is 0 Å². The predicted octanol–water partition coefficient (Wildman–Crippen LogP) is 3.89. The first kappa shape index (κ1) is 23.3. The molecule has 0 N–H and O–H groups in total. The molecule has 2 aliphatic heterocycles. The molecule has 0 bridgehead atoms. The molecule has 2 saturated heterocycles. The van der Waals surface area contributed by atoms with Crippen LogP contribution >= 0.6 is 23.2 Å². The van der Waals surface area contributed by atoms with Crippen molar-refractivity contribution in [3.63, 3.8) is 0 Å². The highest BCUT2D eigenvalue weighted by atomic mass is 35.5. The summed E-state index contributed by atoms with van der Waals surface area (Å²) in [5.74, 6) is 0.765. The van der Waals surface area contributed by atoms with Crippen molar-refractivity contribution in [2.24, 2.45) is 0 Å². The van der Waals surface area contributed by atoms with Crippen LogP contribution in [-0.2, 0) is 20.8 Å². The van der Waals surface area contributed by atoms with Crippen LogP contribution < -0.4 is 4.74 Å². The lowest BCUT2D eigenvalue weighted by atomic mass is 9.96. The maximum atomic E-state index is 13.1. The minimum absolute atomic E-state index is 0.0672. The number of hydrogen-bond acceptors (Lipinski definition) is 5. The summed E-state index contributed by atoms with van der Waals surface area (Å²) in [4.78, 5) is 17.3. The largest absolute Gasteiger partial charge is 0.491 e. The number of nitrogens with zero attached hydrogens (tertiary/aromatic N) is 2. The Bertz CT molecular complexity index is 905. The van der Waals surface area contributed by atoms with E-state index in [2.05, 4.69) is 11.0 Å². The predicted molar refractivity (Wildman–Crippen MR) is 124 cm³/mol. The van der Waals surface area contributed by atoms with E-state index < -0.39 is 5.60 Å². The maximum absolute atomic E-state index is 13.1. The third-order valence-electron chi connectivity index (χ3n) is 5.78. The Labute approximate surface area is 198 Å². The monoisotopic (exact) mass is 478 g/mol. The smallest absolute Gasteiger partial charge is 0.225 e. The van der Waals surface area contributed by atoms with Crippen molar-refractivity contribution in [3.05, 3.63) is 64.1 Å². The average Bonchev–Trinajstić information content (AvgIpc) is 2.80. The van der Waals surface area contributed by atoms with Gasteiger partial charge in [-0.15, -0.1) is 0 Å². The molecule has 2 aromatic carbocycles. The molecule has 2 fully saturated rings. The molecular formula is C24H28Cl2N2O4. The molecule has 6 nitrogen and oxygen atoms in total. The van der Waals surface area contributed by atoms with Gasteiger partial charge in [0, 0.05) is 42.8 Å². The van der Waals surface area contributed by atoms with E-state index in [9.17, 15) is 4.79 Å². The zero-order valence-electron chi connectivity index (χ0n) is 18.0. The van der Waals surface area contributed by atoms with Crippen LogP contribution in [0.15, 0.2) is 48.5 Å². The summed E-state index contributed by atoms with van der Waals surface area (Å²) in [5, 5.41) is 1.37. The second kappa shape index (κ2) is 10.9. The van der Waals surface area contributed by atoms with Gasteiger partial charge in [-0.1, -0.05) is 35.3 Å². The Hall–Kier alpha value is -1.83. The van der Waals surface area contributed by atoms with Gasteiger partial charge < -0.3 is 19.1 Å². The fourth-order valence-electron chi connectivity index (χ4n) is 4.14. The summed E-state index contributed by atoms with van der Waals surface area (Å²) >= 11 is 12.2. The molecule has 2 heterocycles. The van der Waals surface area contributed by atoms with Crippen molar-refractivity contribution < 1.29 is 19.0 Å². The molecular weight excluding hydrogens is 451 g/mol. The summed E-state index contributed by atoms with van der Waals surface area (Å²) < 4.78 is 17.7. The van der Waals surface area contributed by atoms with Crippen molar-refractivity contribution in [2.45, 2.75) is 18.6 Å². The summed E-state index contributed by atoms with van der Waals surface area (Å²) in [6, 6.07) is 15.1. The number of benzene rings is 2. The second-order valence-electron chi connectivity index (χ2n) is 8.28. The van der Waals surface area contributed by atoms with Gasteiger partial charge in [0.1, 0.15) is 18.0 Å². The van der Waals surface area contributed by atoms with E-state index in [4.69, 9.17) is 37.4 Å². The normalized spacial score (nSPS) is 22.0. The molecule has 0 spiro atoms. The Morgan fingerprint density at radius 1 is 1.00 bits per heavy atom. The highest BCUT2D eigenvalue weighted by Crippen LogP contribution is 2.27. The SMILES string of the molecule is O=C(CC1(COc2ccc(Cl)cc2)CN(Cc2cccc(Cl)c2)CCO1)N1CCOCC1. The van der Waals surface area contributed by atoms with Crippen molar-refractivity contribution in [2.75, 3.05) is 52.6 Å². The zero-order chi connectivity index (χ0) is 22.4. The minimum atomic E-state index is -0.744. The fourth-order valence-corrected chi connectivity index (χ4v) is 4.48. The van der Waals surface area contributed by atoms with Gasteiger partial charge in [0.25, 0.3) is 0 Å². The zero-order valence-corrected chi connectivity index (χ0v) is 19.5. The number of morpholine rings is 2. The highest BCUT2D eigenvalue weighted by molar-refractivity contribution is 6.30. The van der Waals surface area contributed by atoms with Crippen LogP contribution in [0.1, 0.15) is 12.0 Å². The summed E-state index contributed by atoms with van der Waals surface area (Å²) in [7, 11) is 0. The lowest BCUT2D eigenvalue weighted by Crippen LogP contribution is -2.57. The summed E-state index contributed by atoms with van der Waals surface area (Å²) in [5.41, 5.74) is 0.387. The number of hydrogen-bond donors (Lipinski definition) is 0. The summed E-state index contributed by atoms with van der Waals surface area (Å²) in [6.45, 7) is 5.27. The van der Waals surface area contributed by atoms with E-state index in [1.54, 1.807) is 12.1 Å². The van der Waals surface area contributed by atoms with Crippen LogP contribution in [0.3, 0.4) is 0 Å². The maximum Gasteiger partial charge on any atom is 0.225 e. The molecule has 0 aromatic heterocycles. The Morgan fingerprint density at radius 3 is 2.53 bits per heavy atom. The van der Waals surface area contributed by atoms with Crippen LogP contribution in [0, 0.1) is 0 Å². The van der Waals surface area contributed by atoms with Gasteiger partial charge in [-0.2, -0.15) is 0 Å². The first-order valence-electron chi connectivity index (χ1n) is 10.9. The van der Waals surface area contributed by atoms with Gasteiger partial charge in [0.15, 0.2) is 0 Å². The highest BCUT2D eigenvalue weighted by Gasteiger charge is 2.41. The molecule has 172 valence electrons. The van der Waals surface area contributed by atoms with Crippen molar-refractivity contribution in [1.29, 1.82) is 0 Å². The molecule has 2 aliphatic rings. The molecule has 0 saturated carbocycles. The van der Waals surface area contributed by atoms with Gasteiger partial charge in [-0.25, -0.2) is 0 Å². The third-order valence-corrected chi connectivity index (χ3v) is 6.26. The molecule has 2 aromatic rings. The Morgan fingerprint density at radius 2 is 1.78 bits per heavy atom. The number of carbonyl (C=O) groups excluding carboxylic acids is 1. The molecule has 4 rings (SSSR count). The molecule has 8 heteroatoms. The first-order chi connectivity index (χ1) is 15.5. The van der Waals surface area contributed by atoms with Crippen LogP contribution in [0.25, 0.3) is 0 Å². The van der Waals surface area contributed by atoms with Crippen LogP contribution in [0.4, 0.5) is 0 Å². The molecule has 1 unspecified atom stereocenters. The standard InChI is InChI=1S/C24H28Cl2N2O4/c25-20-4-6-22(7-5-20)31-18-24(15-23(29)28-9-11-30-12-10-28)17-27(8-13-32-24)16-19-2-1-3-21(26)14-19/h1-7,14H,8-13,15-18H2. The Balaban J connectivity index is 1.48. The Kier molecular flexibility index (Phi) is 7.92. The van der Waals surface area contributed by atoms with Crippen LogP contribution in [0.5, 0.6) is 5.75 Å². The number of amides is 1. The molecule has 1 atom stereocenters. The van der Waals surface area contributed by atoms with E-state index in [1.807, 2.05) is 35.2 Å². The van der Waals surface area contributed by atoms with E-state index in [0.29, 0.717) is 50.2 Å². The second-order valence-corrected chi connectivity index (χ2v) is 9.16. The van der Waals surface area contributed by atoms with Crippen molar-refractivity contribution >= 4 is 29.1 Å². The third kappa shape index (κ3) is 6.36. The van der Waals surface area contributed by atoms with Crippen molar-refractivity contribution in [1.82, 2.24) is 9.80 Å². The topological polar surface area (TPSA) is 51.2 Å². The van der Waals surface area contributed by atoms with E-state index in [1.165, 1.54) is 0 Å². The molecule has 1 amide bonds. The number of halogens is 2. The van der Waals surface area contributed by atoms with E-state index in [-0.39, 0.29) is 18.9 Å². The van der Waals surface area contributed by atoms with Gasteiger partial charge in [0.2, 0.25) is 5.91 Å².